The summed E-state index contributed by atoms with van der Waals surface area (Å²) in [4.78, 5) is 29.9. The van der Waals surface area contributed by atoms with Gasteiger partial charge in [0.2, 0.25) is 5.91 Å². The molecule has 1 fully saturated rings. The van der Waals surface area contributed by atoms with Crippen LogP contribution in [-0.2, 0) is 16.1 Å². The van der Waals surface area contributed by atoms with Crippen molar-refractivity contribution in [1.82, 2.24) is 19.7 Å². The standard InChI is InChI=1S/C19H24N4O3/c1-13-9-14(2)23(21-13)8-4-6-18(24)22-11-16(17(12-22)19(25)26)15-5-3-7-20-10-15/h3,5,7,9-10,16-17H,4,6,8,11-12H2,1-2H3,(H,25,26)/t16-,17+/m0/s1. The zero-order chi connectivity index (χ0) is 18.7. The second-order valence-electron chi connectivity index (χ2n) is 6.89. The van der Waals surface area contributed by atoms with E-state index in [-0.39, 0.29) is 18.4 Å². The Labute approximate surface area is 152 Å². The summed E-state index contributed by atoms with van der Waals surface area (Å²) in [5.41, 5.74) is 2.92. The molecule has 0 radical (unpaired) electrons. The second kappa shape index (κ2) is 7.68. The summed E-state index contributed by atoms with van der Waals surface area (Å²) in [6.45, 7) is 5.32. The number of aryl methyl sites for hydroxylation is 3. The number of carbonyl (C=O) groups is 2. The highest BCUT2D eigenvalue weighted by Crippen LogP contribution is 2.33. The zero-order valence-electron chi connectivity index (χ0n) is 15.1. The normalized spacial score (nSPS) is 19.7. The summed E-state index contributed by atoms with van der Waals surface area (Å²) in [5.74, 6) is -1.65. The largest absolute Gasteiger partial charge is 0.481 e. The van der Waals surface area contributed by atoms with Gasteiger partial charge in [0.1, 0.15) is 0 Å². The van der Waals surface area contributed by atoms with Gasteiger partial charge in [0.25, 0.3) is 0 Å². The number of aliphatic carboxylic acids is 1. The molecule has 7 heteroatoms. The number of pyridine rings is 1. The van der Waals surface area contributed by atoms with Crippen molar-refractivity contribution in [2.45, 2.75) is 39.2 Å². The minimum absolute atomic E-state index is 0.00386. The molecule has 2 atom stereocenters. The highest BCUT2D eigenvalue weighted by molar-refractivity contribution is 5.79. The fourth-order valence-corrected chi connectivity index (χ4v) is 3.63. The minimum Gasteiger partial charge on any atom is -0.481 e. The van der Waals surface area contributed by atoms with E-state index in [9.17, 15) is 14.7 Å². The average Bonchev–Trinajstić information content (AvgIpc) is 3.19. The van der Waals surface area contributed by atoms with Crippen LogP contribution >= 0.6 is 0 Å². The van der Waals surface area contributed by atoms with E-state index in [4.69, 9.17) is 0 Å². The Kier molecular flexibility index (Phi) is 5.35. The summed E-state index contributed by atoms with van der Waals surface area (Å²) in [7, 11) is 0. The van der Waals surface area contributed by atoms with E-state index < -0.39 is 11.9 Å². The van der Waals surface area contributed by atoms with Gasteiger partial charge in [0.15, 0.2) is 0 Å². The third-order valence-corrected chi connectivity index (χ3v) is 4.97. The summed E-state index contributed by atoms with van der Waals surface area (Å²) < 4.78 is 1.91. The van der Waals surface area contributed by atoms with Crippen molar-refractivity contribution in [3.8, 4) is 0 Å². The molecule has 0 spiro atoms. The first-order valence-corrected chi connectivity index (χ1v) is 8.87. The van der Waals surface area contributed by atoms with Crippen molar-refractivity contribution < 1.29 is 14.7 Å². The quantitative estimate of drug-likeness (QED) is 0.855. The highest BCUT2D eigenvalue weighted by atomic mass is 16.4. The molecule has 1 aliphatic heterocycles. The topological polar surface area (TPSA) is 88.3 Å². The molecule has 7 nitrogen and oxygen atoms in total. The van der Waals surface area contributed by atoms with Crippen LogP contribution in [0.3, 0.4) is 0 Å². The Hall–Kier alpha value is -2.70. The van der Waals surface area contributed by atoms with Crippen molar-refractivity contribution in [3.63, 3.8) is 0 Å². The van der Waals surface area contributed by atoms with Crippen LogP contribution in [0.2, 0.25) is 0 Å². The monoisotopic (exact) mass is 356 g/mol. The lowest BCUT2D eigenvalue weighted by Gasteiger charge is -2.16. The van der Waals surface area contributed by atoms with E-state index in [2.05, 4.69) is 10.1 Å². The maximum absolute atomic E-state index is 12.6. The lowest BCUT2D eigenvalue weighted by molar-refractivity contribution is -0.141. The van der Waals surface area contributed by atoms with Crippen molar-refractivity contribution >= 4 is 11.9 Å². The van der Waals surface area contributed by atoms with Crippen LogP contribution in [-0.4, -0.2) is 49.7 Å². The molecule has 1 amide bonds. The van der Waals surface area contributed by atoms with Gasteiger partial charge in [-0.2, -0.15) is 5.10 Å². The predicted octanol–water partition coefficient (Wildman–Crippen LogP) is 2.00. The lowest BCUT2D eigenvalue weighted by atomic mass is 9.90. The molecule has 2 aromatic heterocycles. The van der Waals surface area contributed by atoms with Crippen LogP contribution in [0.5, 0.6) is 0 Å². The molecule has 1 N–H and O–H groups in total. The van der Waals surface area contributed by atoms with Gasteiger partial charge in [-0.1, -0.05) is 6.07 Å². The first-order valence-electron chi connectivity index (χ1n) is 8.87. The van der Waals surface area contributed by atoms with Gasteiger partial charge < -0.3 is 10.0 Å². The van der Waals surface area contributed by atoms with E-state index in [1.165, 1.54) is 0 Å². The number of hydrogen-bond donors (Lipinski definition) is 1. The number of nitrogens with zero attached hydrogens (tertiary/aromatic N) is 4. The summed E-state index contributed by atoms with van der Waals surface area (Å²) in [6, 6.07) is 5.69. The molecule has 0 bridgehead atoms. The summed E-state index contributed by atoms with van der Waals surface area (Å²) >= 11 is 0. The lowest BCUT2D eigenvalue weighted by Crippen LogP contribution is -2.29. The second-order valence-corrected chi connectivity index (χ2v) is 6.89. The Bertz CT molecular complexity index is 787. The third-order valence-electron chi connectivity index (χ3n) is 4.97. The van der Waals surface area contributed by atoms with Crippen molar-refractivity contribution in [3.05, 3.63) is 47.5 Å². The number of amides is 1. The molecule has 3 rings (SSSR count). The molecule has 0 saturated carbocycles. The van der Waals surface area contributed by atoms with Gasteiger partial charge in [-0.15, -0.1) is 0 Å². The number of carbonyl (C=O) groups excluding carboxylic acids is 1. The van der Waals surface area contributed by atoms with Crippen molar-refractivity contribution in [2.75, 3.05) is 13.1 Å². The SMILES string of the molecule is Cc1cc(C)n(CCCC(=O)N2C[C@@H](C(=O)O)[C@H](c3cccnc3)C2)n1. The van der Waals surface area contributed by atoms with Crippen molar-refractivity contribution in [2.24, 2.45) is 5.92 Å². The molecule has 0 aliphatic carbocycles. The number of aromatic nitrogens is 3. The molecule has 26 heavy (non-hydrogen) atoms. The molecule has 138 valence electrons. The maximum atomic E-state index is 12.6. The minimum atomic E-state index is -0.864. The van der Waals surface area contributed by atoms with E-state index in [1.807, 2.05) is 30.7 Å². The van der Waals surface area contributed by atoms with Crippen LogP contribution in [0.1, 0.15) is 35.7 Å². The smallest absolute Gasteiger partial charge is 0.308 e. The zero-order valence-corrected chi connectivity index (χ0v) is 15.1. The van der Waals surface area contributed by atoms with Crippen molar-refractivity contribution in [1.29, 1.82) is 0 Å². The third kappa shape index (κ3) is 3.92. The predicted molar refractivity (Wildman–Crippen MR) is 95.6 cm³/mol. The Morgan fingerprint density at radius 2 is 2.12 bits per heavy atom. The van der Waals surface area contributed by atoms with Crippen LogP contribution in [0.15, 0.2) is 30.6 Å². The molecule has 2 aromatic rings. The first kappa shape index (κ1) is 18.1. The molecule has 1 saturated heterocycles. The van der Waals surface area contributed by atoms with Crippen LogP contribution in [0.4, 0.5) is 0 Å². The highest BCUT2D eigenvalue weighted by Gasteiger charge is 2.40. The molecular formula is C19H24N4O3. The maximum Gasteiger partial charge on any atom is 0.308 e. The number of likely N-dealkylation sites (tertiary alicyclic amines) is 1. The summed E-state index contributed by atoms with van der Waals surface area (Å²) in [5, 5.41) is 13.9. The Morgan fingerprint density at radius 1 is 1.31 bits per heavy atom. The van der Waals surface area contributed by atoms with E-state index in [1.54, 1.807) is 23.4 Å². The van der Waals surface area contributed by atoms with E-state index >= 15 is 0 Å². The summed E-state index contributed by atoms with van der Waals surface area (Å²) in [6.07, 6.45) is 4.44. The fraction of sp³-hybridized carbons (Fsp3) is 0.474. The number of hydrogen-bond acceptors (Lipinski definition) is 4. The molecule has 0 unspecified atom stereocenters. The van der Waals surface area contributed by atoms with Gasteiger partial charge in [-0.05, 0) is 38.0 Å². The van der Waals surface area contributed by atoms with Gasteiger partial charge in [0, 0.05) is 50.1 Å². The van der Waals surface area contributed by atoms with Crippen LogP contribution < -0.4 is 0 Å². The van der Waals surface area contributed by atoms with Gasteiger partial charge in [-0.25, -0.2) is 0 Å². The molecule has 3 heterocycles. The molecule has 0 aromatic carbocycles. The number of rotatable bonds is 6. The van der Waals surface area contributed by atoms with E-state index in [0.717, 1.165) is 17.0 Å². The number of carboxylic acid groups (broad SMARTS) is 1. The van der Waals surface area contributed by atoms with Gasteiger partial charge in [-0.3, -0.25) is 19.3 Å². The molecular weight excluding hydrogens is 332 g/mol. The Morgan fingerprint density at radius 3 is 2.73 bits per heavy atom. The fourth-order valence-electron chi connectivity index (χ4n) is 3.63. The Balaban J connectivity index is 1.59. The van der Waals surface area contributed by atoms with Crippen LogP contribution in [0, 0.1) is 19.8 Å². The van der Waals surface area contributed by atoms with E-state index in [0.29, 0.717) is 25.9 Å². The van der Waals surface area contributed by atoms with Gasteiger partial charge >= 0.3 is 5.97 Å². The number of carboxylic acids is 1. The van der Waals surface area contributed by atoms with Gasteiger partial charge in [0.05, 0.1) is 11.6 Å². The first-order chi connectivity index (χ1) is 12.5. The average molecular weight is 356 g/mol. The van der Waals surface area contributed by atoms with Crippen LogP contribution in [0.25, 0.3) is 0 Å². The molecule has 1 aliphatic rings.